The highest BCUT2D eigenvalue weighted by Gasteiger charge is 2.19. The van der Waals surface area contributed by atoms with E-state index < -0.39 is 0 Å². The fourth-order valence-corrected chi connectivity index (χ4v) is 2.94. The highest BCUT2D eigenvalue weighted by Crippen LogP contribution is 2.21. The van der Waals surface area contributed by atoms with Crippen LogP contribution >= 0.6 is 24.2 Å². The van der Waals surface area contributed by atoms with E-state index in [0.29, 0.717) is 6.04 Å². The zero-order valence-corrected chi connectivity index (χ0v) is 12.8. The molecule has 1 aromatic rings. The van der Waals surface area contributed by atoms with Gasteiger partial charge in [0.1, 0.15) is 0 Å². The van der Waals surface area contributed by atoms with Gasteiger partial charge in [-0.1, -0.05) is 18.2 Å². The Hall–Kier alpha value is -0.380. The minimum atomic E-state index is 0. The molecule has 4 heteroatoms. The fourth-order valence-electron chi connectivity index (χ4n) is 2.42. The van der Waals surface area contributed by atoms with Crippen LogP contribution in [0.3, 0.4) is 0 Å². The summed E-state index contributed by atoms with van der Waals surface area (Å²) in [6.45, 7) is 5.58. The molecule has 1 unspecified atom stereocenters. The molecule has 0 aromatic heterocycles. The first-order valence-electron chi connectivity index (χ1n) is 6.34. The van der Waals surface area contributed by atoms with Crippen molar-refractivity contribution in [3.63, 3.8) is 0 Å². The number of anilines is 1. The van der Waals surface area contributed by atoms with Crippen LogP contribution in [0.25, 0.3) is 0 Å². The lowest BCUT2D eigenvalue weighted by atomic mass is 10.1. The van der Waals surface area contributed by atoms with Gasteiger partial charge in [0.15, 0.2) is 0 Å². The smallest absolute Gasteiger partial charge is 0.0396 e. The van der Waals surface area contributed by atoms with Crippen molar-refractivity contribution in [2.24, 2.45) is 0 Å². The number of para-hydroxylation sites is 1. The first-order chi connectivity index (χ1) is 8.31. The van der Waals surface area contributed by atoms with Crippen LogP contribution in [0.15, 0.2) is 24.3 Å². The molecule has 0 bridgehead atoms. The van der Waals surface area contributed by atoms with Gasteiger partial charge >= 0.3 is 0 Å². The molecule has 2 rings (SSSR count). The summed E-state index contributed by atoms with van der Waals surface area (Å²) in [5, 5.41) is 3.62. The summed E-state index contributed by atoms with van der Waals surface area (Å²) < 4.78 is 0. The van der Waals surface area contributed by atoms with Crippen LogP contribution < -0.4 is 10.2 Å². The first kappa shape index (κ1) is 15.7. The molecule has 102 valence electrons. The lowest BCUT2D eigenvalue weighted by Crippen LogP contribution is -2.51. The van der Waals surface area contributed by atoms with Crippen molar-refractivity contribution in [2.75, 3.05) is 36.5 Å². The quantitative estimate of drug-likeness (QED) is 0.916. The Morgan fingerprint density at radius 1 is 1.39 bits per heavy atom. The first-order valence-corrected chi connectivity index (χ1v) is 7.73. The minimum Gasteiger partial charge on any atom is -0.368 e. The van der Waals surface area contributed by atoms with E-state index in [9.17, 15) is 0 Å². The standard InChI is InChI=1S/C14H22N2S.ClH/c1-12-5-3-4-6-14(12)16-9-8-15-13(11-16)7-10-17-2;/h3-6,13,15H,7-11H2,1-2H3;1H. The van der Waals surface area contributed by atoms with Crippen molar-refractivity contribution in [3.8, 4) is 0 Å². The Kier molecular flexibility index (Phi) is 6.90. The second-order valence-corrected chi connectivity index (χ2v) is 5.65. The number of hydrogen-bond acceptors (Lipinski definition) is 3. The summed E-state index contributed by atoms with van der Waals surface area (Å²) in [6.07, 6.45) is 3.45. The molecule has 0 spiro atoms. The van der Waals surface area contributed by atoms with Crippen LogP contribution in [-0.4, -0.2) is 37.7 Å². The Morgan fingerprint density at radius 2 is 2.17 bits per heavy atom. The molecule has 0 radical (unpaired) electrons. The van der Waals surface area contributed by atoms with Gasteiger partial charge in [-0.25, -0.2) is 0 Å². The Balaban J connectivity index is 0.00000162. The Labute approximate surface area is 121 Å². The minimum absolute atomic E-state index is 0. The zero-order valence-electron chi connectivity index (χ0n) is 11.2. The molecule has 1 heterocycles. The van der Waals surface area contributed by atoms with E-state index in [4.69, 9.17) is 0 Å². The van der Waals surface area contributed by atoms with Crippen LogP contribution in [0.4, 0.5) is 5.69 Å². The number of halogens is 1. The van der Waals surface area contributed by atoms with Gasteiger partial charge in [-0.15, -0.1) is 12.4 Å². The summed E-state index contributed by atoms with van der Waals surface area (Å²) in [7, 11) is 0. The third-order valence-electron chi connectivity index (χ3n) is 3.38. The van der Waals surface area contributed by atoms with Crippen LogP contribution in [0, 0.1) is 6.92 Å². The SMILES string of the molecule is CSCCC1CN(c2ccccc2C)CCN1.Cl. The lowest BCUT2D eigenvalue weighted by Gasteiger charge is -2.36. The van der Waals surface area contributed by atoms with Gasteiger partial charge in [-0.3, -0.25) is 0 Å². The predicted octanol–water partition coefficient (Wildman–Crippen LogP) is 2.95. The lowest BCUT2D eigenvalue weighted by molar-refractivity contribution is 0.449. The van der Waals surface area contributed by atoms with E-state index in [1.807, 2.05) is 11.8 Å². The molecular weight excluding hydrogens is 264 g/mol. The number of nitrogens with one attached hydrogen (secondary N) is 1. The maximum atomic E-state index is 3.62. The van der Waals surface area contributed by atoms with Crippen molar-refractivity contribution in [2.45, 2.75) is 19.4 Å². The fraction of sp³-hybridized carbons (Fsp3) is 0.571. The van der Waals surface area contributed by atoms with Gasteiger partial charge in [-0.05, 0) is 37.0 Å². The average Bonchev–Trinajstić information content (AvgIpc) is 2.37. The molecule has 18 heavy (non-hydrogen) atoms. The summed E-state index contributed by atoms with van der Waals surface area (Å²) >= 11 is 1.94. The predicted molar refractivity (Wildman–Crippen MR) is 85.4 cm³/mol. The van der Waals surface area contributed by atoms with Gasteiger partial charge < -0.3 is 10.2 Å². The van der Waals surface area contributed by atoms with E-state index in [1.54, 1.807) is 0 Å². The highest BCUT2D eigenvalue weighted by molar-refractivity contribution is 7.98. The maximum Gasteiger partial charge on any atom is 0.0396 e. The third kappa shape index (κ3) is 4.08. The molecule has 2 nitrogen and oxygen atoms in total. The molecule has 0 saturated carbocycles. The van der Waals surface area contributed by atoms with E-state index in [-0.39, 0.29) is 12.4 Å². The molecular formula is C14H23ClN2S. The normalized spacial score (nSPS) is 19.4. The second kappa shape index (κ2) is 7.93. The van der Waals surface area contributed by atoms with Gasteiger partial charge in [0.2, 0.25) is 0 Å². The van der Waals surface area contributed by atoms with Crippen molar-refractivity contribution < 1.29 is 0 Å². The number of piperazine rings is 1. The van der Waals surface area contributed by atoms with Gasteiger partial charge in [0.25, 0.3) is 0 Å². The summed E-state index contributed by atoms with van der Waals surface area (Å²) in [4.78, 5) is 2.52. The highest BCUT2D eigenvalue weighted by atomic mass is 35.5. The average molecular weight is 287 g/mol. The van der Waals surface area contributed by atoms with Crippen LogP contribution in [0.2, 0.25) is 0 Å². The molecule has 1 N–H and O–H groups in total. The van der Waals surface area contributed by atoms with E-state index in [0.717, 1.165) is 19.6 Å². The molecule has 0 amide bonds. The van der Waals surface area contributed by atoms with Crippen LogP contribution in [0.1, 0.15) is 12.0 Å². The number of benzene rings is 1. The summed E-state index contributed by atoms with van der Waals surface area (Å²) in [5.74, 6) is 1.25. The monoisotopic (exact) mass is 286 g/mol. The van der Waals surface area contributed by atoms with Gasteiger partial charge in [-0.2, -0.15) is 11.8 Å². The third-order valence-corrected chi connectivity index (χ3v) is 4.03. The number of rotatable bonds is 4. The number of aryl methyl sites for hydroxylation is 1. The van der Waals surface area contributed by atoms with Gasteiger partial charge in [0, 0.05) is 31.4 Å². The van der Waals surface area contributed by atoms with E-state index in [2.05, 4.69) is 47.7 Å². The second-order valence-electron chi connectivity index (χ2n) is 4.67. The van der Waals surface area contributed by atoms with Crippen molar-refractivity contribution in [3.05, 3.63) is 29.8 Å². The largest absolute Gasteiger partial charge is 0.368 e. The summed E-state index contributed by atoms with van der Waals surface area (Å²) in [6, 6.07) is 9.35. The van der Waals surface area contributed by atoms with Crippen LogP contribution in [0.5, 0.6) is 0 Å². The van der Waals surface area contributed by atoms with E-state index >= 15 is 0 Å². The Morgan fingerprint density at radius 3 is 2.89 bits per heavy atom. The Bertz CT molecular complexity index is 359. The molecule has 0 aliphatic carbocycles. The van der Waals surface area contributed by atoms with Crippen LogP contribution in [-0.2, 0) is 0 Å². The molecule has 1 fully saturated rings. The molecule has 1 aromatic carbocycles. The molecule has 1 saturated heterocycles. The zero-order chi connectivity index (χ0) is 12.1. The van der Waals surface area contributed by atoms with Crippen molar-refractivity contribution in [1.29, 1.82) is 0 Å². The van der Waals surface area contributed by atoms with Crippen molar-refractivity contribution >= 4 is 29.9 Å². The number of nitrogens with zero attached hydrogens (tertiary/aromatic N) is 1. The van der Waals surface area contributed by atoms with E-state index in [1.165, 1.54) is 23.4 Å². The summed E-state index contributed by atoms with van der Waals surface area (Å²) in [5.41, 5.74) is 2.79. The number of thioether (sulfide) groups is 1. The molecule has 1 aliphatic heterocycles. The molecule has 1 aliphatic rings. The maximum absolute atomic E-state index is 3.62. The number of hydrogen-bond donors (Lipinski definition) is 1. The topological polar surface area (TPSA) is 15.3 Å². The molecule has 1 atom stereocenters. The van der Waals surface area contributed by atoms with Crippen molar-refractivity contribution in [1.82, 2.24) is 5.32 Å². The van der Waals surface area contributed by atoms with Gasteiger partial charge in [0.05, 0.1) is 0 Å².